The van der Waals surface area contributed by atoms with E-state index in [2.05, 4.69) is 27.1 Å². The smallest absolute Gasteiger partial charge is 0.0886 e. The van der Waals surface area contributed by atoms with Gasteiger partial charge in [-0.1, -0.05) is 18.2 Å². The van der Waals surface area contributed by atoms with Crippen LogP contribution in [0.1, 0.15) is 11.4 Å². The van der Waals surface area contributed by atoms with Gasteiger partial charge < -0.3 is 9.97 Å². The van der Waals surface area contributed by atoms with Gasteiger partial charge in [-0.3, -0.25) is 5.41 Å². The maximum atomic E-state index is 8.07. The van der Waals surface area contributed by atoms with Crippen molar-refractivity contribution in [1.29, 1.82) is 5.41 Å². The molecule has 4 heteroatoms. The van der Waals surface area contributed by atoms with Crippen LogP contribution in [0.2, 0.25) is 0 Å². The first-order valence-electron chi connectivity index (χ1n) is 7.75. The molecular formula is C20H16N4. The maximum Gasteiger partial charge on any atom is 0.0886 e. The summed E-state index contributed by atoms with van der Waals surface area (Å²) in [5, 5.41) is 8.46. The minimum Gasteiger partial charge on any atom is -0.354 e. The Balaban J connectivity index is 2.01. The molecule has 0 fully saturated rings. The first kappa shape index (κ1) is 14.2. The zero-order chi connectivity index (χ0) is 16.4. The van der Waals surface area contributed by atoms with Gasteiger partial charge in [0.1, 0.15) is 0 Å². The van der Waals surface area contributed by atoms with E-state index in [1.807, 2.05) is 60.7 Å². The van der Waals surface area contributed by atoms with E-state index in [0.717, 1.165) is 27.8 Å². The van der Waals surface area contributed by atoms with Crippen molar-refractivity contribution >= 4 is 34.2 Å². The highest BCUT2D eigenvalue weighted by Gasteiger charge is 1.98. The number of nitrogens with one attached hydrogen (secondary N) is 3. The van der Waals surface area contributed by atoms with Crippen LogP contribution in [0.15, 0.2) is 66.7 Å². The van der Waals surface area contributed by atoms with Crippen LogP contribution < -0.4 is 5.36 Å². The number of rotatable bonds is 0. The molecule has 0 atom stereocenters. The topological polar surface area (TPSA) is 68.3 Å². The van der Waals surface area contributed by atoms with Crippen molar-refractivity contribution in [2.24, 2.45) is 0 Å². The standard InChI is InChI=1S/C20H16N4/c21-17-5-3-1-2-4-14-9-12-19(23-14)20-13-10-16(24-20)7-6-15-8-11-18(17)22-15/h1-13,21,23-24H. The van der Waals surface area contributed by atoms with E-state index < -0.39 is 0 Å². The van der Waals surface area contributed by atoms with Crippen LogP contribution >= 0.6 is 0 Å². The molecule has 4 nitrogen and oxygen atoms in total. The molecule has 0 aromatic carbocycles. The van der Waals surface area contributed by atoms with E-state index in [1.54, 1.807) is 6.07 Å². The van der Waals surface area contributed by atoms with Gasteiger partial charge in [-0.05, 0) is 60.7 Å². The molecule has 24 heavy (non-hydrogen) atoms. The Morgan fingerprint density at radius 1 is 0.667 bits per heavy atom. The van der Waals surface area contributed by atoms with E-state index in [-0.39, 0.29) is 0 Å². The van der Waals surface area contributed by atoms with Crippen LogP contribution in [0, 0.1) is 5.41 Å². The Morgan fingerprint density at radius 2 is 1.33 bits per heavy atom. The molecule has 3 aromatic rings. The molecule has 0 unspecified atom stereocenters. The van der Waals surface area contributed by atoms with Crippen molar-refractivity contribution in [3.63, 3.8) is 0 Å². The van der Waals surface area contributed by atoms with Crippen LogP contribution in [-0.2, 0) is 0 Å². The zero-order valence-electron chi connectivity index (χ0n) is 13.0. The molecule has 0 radical (unpaired) electrons. The molecular weight excluding hydrogens is 296 g/mol. The fourth-order valence-corrected chi connectivity index (χ4v) is 2.59. The molecule has 0 amide bonds. The molecule has 0 saturated carbocycles. The van der Waals surface area contributed by atoms with Crippen LogP contribution in [0.4, 0.5) is 0 Å². The summed E-state index contributed by atoms with van der Waals surface area (Å²) in [6.45, 7) is 0. The predicted molar refractivity (Wildman–Crippen MR) is 98.0 cm³/mol. The van der Waals surface area contributed by atoms with Crippen molar-refractivity contribution < 1.29 is 0 Å². The normalized spacial score (nSPS) is 11.3. The number of fused-ring (bicyclic) bond motifs is 7. The number of hydrogen-bond donors (Lipinski definition) is 3. The van der Waals surface area contributed by atoms with E-state index in [1.165, 1.54) is 0 Å². The van der Waals surface area contributed by atoms with Crippen molar-refractivity contribution in [1.82, 2.24) is 15.0 Å². The molecule has 0 aliphatic carbocycles. The molecule has 116 valence electrons. The first-order chi connectivity index (χ1) is 11.8. The average molecular weight is 312 g/mol. The van der Waals surface area contributed by atoms with Crippen LogP contribution in [0.5, 0.6) is 0 Å². The molecule has 0 saturated heterocycles. The molecule has 3 aromatic heterocycles. The van der Waals surface area contributed by atoms with Gasteiger partial charge in [0, 0.05) is 11.0 Å². The summed E-state index contributed by atoms with van der Waals surface area (Å²) in [4.78, 5) is 11.2. The van der Waals surface area contributed by atoms with E-state index >= 15 is 0 Å². The van der Waals surface area contributed by atoms with Gasteiger partial charge in [-0.15, -0.1) is 0 Å². The van der Waals surface area contributed by atoms with Crippen LogP contribution in [-0.4, -0.2) is 15.0 Å². The molecule has 4 heterocycles. The van der Waals surface area contributed by atoms with E-state index in [9.17, 15) is 0 Å². The fraction of sp³-hybridized carbons (Fsp3) is 0. The summed E-state index contributed by atoms with van der Waals surface area (Å²) in [6.07, 6.45) is 3.78. The molecule has 3 N–H and O–H groups in total. The summed E-state index contributed by atoms with van der Waals surface area (Å²) >= 11 is 0. The van der Waals surface area contributed by atoms with Crippen molar-refractivity contribution in [2.45, 2.75) is 0 Å². The van der Waals surface area contributed by atoms with Crippen molar-refractivity contribution in [3.05, 3.63) is 83.5 Å². The summed E-state index contributed by atoms with van der Waals surface area (Å²) in [7, 11) is 0. The number of aromatic nitrogens is 3. The second-order valence-electron chi connectivity index (χ2n) is 5.57. The maximum absolute atomic E-state index is 8.07. The van der Waals surface area contributed by atoms with Gasteiger partial charge in [-0.25, -0.2) is 4.98 Å². The highest BCUT2D eigenvalue weighted by molar-refractivity contribution is 5.80. The molecule has 1 aliphatic rings. The second kappa shape index (κ2) is 6.01. The number of aromatic amines is 2. The number of nitrogens with zero attached hydrogens (tertiary/aromatic N) is 1. The molecule has 6 bridgehead atoms. The van der Waals surface area contributed by atoms with Gasteiger partial charge in [0.05, 0.1) is 27.8 Å². The first-order valence-corrected chi connectivity index (χ1v) is 7.75. The fourth-order valence-electron chi connectivity index (χ4n) is 2.59. The Kier molecular flexibility index (Phi) is 3.56. The number of hydrogen-bond acceptors (Lipinski definition) is 2. The lowest BCUT2D eigenvalue weighted by Crippen LogP contribution is -2.00. The molecule has 0 spiro atoms. The van der Waals surface area contributed by atoms with Crippen LogP contribution in [0.25, 0.3) is 34.2 Å². The van der Waals surface area contributed by atoms with Crippen molar-refractivity contribution in [2.75, 3.05) is 0 Å². The Hall–Kier alpha value is -3.40. The summed E-state index contributed by atoms with van der Waals surface area (Å²) < 4.78 is 0. The highest BCUT2D eigenvalue weighted by atomic mass is 14.8. The van der Waals surface area contributed by atoms with Gasteiger partial charge in [0.2, 0.25) is 0 Å². The molecule has 4 rings (SSSR count). The predicted octanol–water partition coefficient (Wildman–Crippen LogP) is 4.26. The zero-order valence-corrected chi connectivity index (χ0v) is 13.0. The minimum absolute atomic E-state index is 0.396. The van der Waals surface area contributed by atoms with Crippen LogP contribution in [0.3, 0.4) is 0 Å². The quantitative estimate of drug-likeness (QED) is 0.446. The Labute approximate surface area is 138 Å². The minimum atomic E-state index is 0.396. The highest BCUT2D eigenvalue weighted by Crippen LogP contribution is 2.12. The number of H-pyrrole nitrogens is 2. The lowest BCUT2D eigenvalue weighted by molar-refractivity contribution is 1.19. The lowest BCUT2D eigenvalue weighted by atomic mass is 10.3. The third-order valence-electron chi connectivity index (χ3n) is 3.84. The lowest BCUT2D eigenvalue weighted by Gasteiger charge is -1.83. The Bertz CT molecular complexity index is 1130. The van der Waals surface area contributed by atoms with Gasteiger partial charge in [0.15, 0.2) is 0 Å². The second-order valence-corrected chi connectivity index (χ2v) is 5.57. The third kappa shape index (κ3) is 2.90. The Morgan fingerprint density at radius 3 is 2.12 bits per heavy atom. The van der Waals surface area contributed by atoms with Gasteiger partial charge in [-0.2, -0.15) is 0 Å². The monoisotopic (exact) mass is 312 g/mol. The SMILES string of the molecule is N=c1cccccc2ccc([nH]2)c2ccc(ccc3nc1C=C3)[nH]2. The summed E-state index contributed by atoms with van der Waals surface area (Å²) in [5.74, 6) is 0. The van der Waals surface area contributed by atoms with Crippen molar-refractivity contribution in [3.8, 4) is 0 Å². The van der Waals surface area contributed by atoms with Gasteiger partial charge in [0.25, 0.3) is 0 Å². The van der Waals surface area contributed by atoms with E-state index in [0.29, 0.717) is 11.1 Å². The summed E-state index contributed by atoms with van der Waals surface area (Å²) in [5.41, 5.74) is 5.64. The summed E-state index contributed by atoms with van der Waals surface area (Å²) in [6, 6.07) is 21.6. The molecule has 1 aliphatic heterocycles. The van der Waals surface area contributed by atoms with E-state index in [4.69, 9.17) is 5.41 Å². The van der Waals surface area contributed by atoms with Gasteiger partial charge >= 0.3 is 0 Å². The third-order valence-corrected chi connectivity index (χ3v) is 3.84. The average Bonchev–Trinajstić information content (AvgIpc) is 3.31. The largest absolute Gasteiger partial charge is 0.354 e.